The maximum atomic E-state index is 13.1. The van der Waals surface area contributed by atoms with Gasteiger partial charge in [-0.3, -0.25) is 37.3 Å². The van der Waals surface area contributed by atoms with Crippen molar-refractivity contribution in [3.8, 4) is 0 Å². The third-order valence-corrected chi connectivity index (χ3v) is 20.7. The summed E-state index contributed by atoms with van der Waals surface area (Å²) in [4.78, 5) is 72.8. The van der Waals surface area contributed by atoms with E-state index in [0.717, 1.165) is 96.3 Å². The second kappa shape index (κ2) is 73.0. The van der Waals surface area contributed by atoms with Gasteiger partial charge in [-0.25, -0.2) is 9.13 Å². The molecule has 0 amide bonds. The van der Waals surface area contributed by atoms with Crippen molar-refractivity contribution >= 4 is 39.5 Å². The van der Waals surface area contributed by atoms with Crippen molar-refractivity contribution in [2.75, 3.05) is 39.6 Å². The molecule has 0 aromatic rings. The van der Waals surface area contributed by atoms with Crippen LogP contribution in [0, 0.1) is 5.92 Å². The average Bonchev–Trinajstić information content (AvgIpc) is 1.13. The Balaban J connectivity index is 5.16. The summed E-state index contributed by atoms with van der Waals surface area (Å²) in [7, 11) is -9.91. The quantitative estimate of drug-likeness (QED) is 0.0222. The number of carbonyl (C=O) groups is 4. The lowest BCUT2D eigenvalue weighted by molar-refractivity contribution is -0.161. The van der Waals surface area contributed by atoms with Crippen LogP contribution in [-0.4, -0.2) is 96.7 Å². The van der Waals surface area contributed by atoms with E-state index < -0.39 is 97.5 Å². The molecule has 588 valence electrons. The maximum Gasteiger partial charge on any atom is 0.472 e. The molecular formula is C80H156O17P2. The van der Waals surface area contributed by atoms with E-state index in [9.17, 15) is 43.2 Å². The summed E-state index contributed by atoms with van der Waals surface area (Å²) in [5.41, 5.74) is 0. The molecule has 0 aliphatic rings. The fraction of sp³-hybridized carbons (Fsp3) is 0.950. The number of hydrogen-bond acceptors (Lipinski definition) is 15. The van der Waals surface area contributed by atoms with E-state index in [4.69, 9.17) is 37.0 Å². The Morgan fingerprint density at radius 3 is 0.687 bits per heavy atom. The molecule has 0 heterocycles. The number of ether oxygens (including phenoxy) is 4. The molecule has 0 saturated heterocycles. The summed E-state index contributed by atoms with van der Waals surface area (Å²) >= 11 is 0. The van der Waals surface area contributed by atoms with Crippen LogP contribution in [0.3, 0.4) is 0 Å². The molecule has 0 aromatic carbocycles. The largest absolute Gasteiger partial charge is 0.472 e. The van der Waals surface area contributed by atoms with Crippen LogP contribution in [0.15, 0.2) is 0 Å². The van der Waals surface area contributed by atoms with Gasteiger partial charge in [0.15, 0.2) is 12.2 Å². The predicted molar refractivity (Wildman–Crippen MR) is 405 cm³/mol. The highest BCUT2D eigenvalue weighted by Crippen LogP contribution is 2.45. The Bertz CT molecular complexity index is 1890. The fourth-order valence-electron chi connectivity index (χ4n) is 12.4. The number of aliphatic hydroxyl groups excluding tert-OH is 1. The normalized spacial score (nSPS) is 13.9. The molecule has 0 aromatic heterocycles. The number of carbonyl (C=O) groups excluding carboxylic acids is 4. The van der Waals surface area contributed by atoms with Gasteiger partial charge >= 0.3 is 39.5 Å². The number of unbranched alkanes of at least 4 members (excludes halogenated alkanes) is 52. The zero-order valence-electron chi connectivity index (χ0n) is 64.6. The van der Waals surface area contributed by atoms with Crippen molar-refractivity contribution in [1.82, 2.24) is 0 Å². The summed E-state index contributed by atoms with van der Waals surface area (Å²) in [5, 5.41) is 10.6. The van der Waals surface area contributed by atoms with E-state index in [1.54, 1.807) is 0 Å². The second-order valence-corrected chi connectivity index (χ2v) is 32.2. The highest BCUT2D eigenvalue weighted by Gasteiger charge is 2.30. The third kappa shape index (κ3) is 74.1. The van der Waals surface area contributed by atoms with Crippen molar-refractivity contribution in [2.45, 2.75) is 445 Å². The van der Waals surface area contributed by atoms with Gasteiger partial charge in [0.1, 0.15) is 19.3 Å². The molecule has 99 heavy (non-hydrogen) atoms. The van der Waals surface area contributed by atoms with E-state index in [-0.39, 0.29) is 25.7 Å². The van der Waals surface area contributed by atoms with Crippen LogP contribution in [0.2, 0.25) is 0 Å². The van der Waals surface area contributed by atoms with Gasteiger partial charge in [0.05, 0.1) is 26.4 Å². The van der Waals surface area contributed by atoms with Gasteiger partial charge in [-0.15, -0.1) is 0 Å². The standard InChI is InChI=1S/C80H156O17P2/c1-6-9-12-15-18-21-24-26-28-30-32-33-34-35-37-39-41-43-46-49-56-61-66-80(85)96-75(69-90-77(82)63-58-53-47-45-42-40-38-36-31-29-27-25-22-19-16-13-10-7-2)71-94-98(86,87)92-67-74(81)68-93-99(88,89)95-72-76(70-91-78(83)64-59-54-51-50-52-57-62-73(4)5)97-79(84)65-60-55-48-44-23-20-17-14-11-8-3/h73-76,81H,6-72H2,1-5H3,(H,86,87)(H,88,89)/t74-,75-,76-/m1/s1. The Labute approximate surface area is 607 Å². The Morgan fingerprint density at radius 1 is 0.273 bits per heavy atom. The van der Waals surface area contributed by atoms with Crippen molar-refractivity contribution in [3.63, 3.8) is 0 Å². The minimum atomic E-state index is -4.96. The summed E-state index contributed by atoms with van der Waals surface area (Å²) in [5.74, 6) is -1.43. The van der Waals surface area contributed by atoms with Crippen LogP contribution in [0.5, 0.6) is 0 Å². The van der Waals surface area contributed by atoms with Gasteiger partial charge in [-0.05, 0) is 31.6 Å². The van der Waals surface area contributed by atoms with Crippen molar-refractivity contribution < 1.29 is 80.2 Å². The highest BCUT2D eigenvalue weighted by molar-refractivity contribution is 7.47. The molecule has 3 N–H and O–H groups in total. The predicted octanol–water partition coefficient (Wildman–Crippen LogP) is 24.0. The zero-order chi connectivity index (χ0) is 72.7. The van der Waals surface area contributed by atoms with E-state index in [2.05, 4.69) is 34.6 Å². The van der Waals surface area contributed by atoms with Gasteiger partial charge in [-0.2, -0.15) is 0 Å². The first-order valence-electron chi connectivity index (χ1n) is 41.6. The van der Waals surface area contributed by atoms with Crippen LogP contribution >= 0.6 is 15.6 Å². The van der Waals surface area contributed by atoms with Crippen molar-refractivity contribution in [2.24, 2.45) is 5.92 Å². The molecule has 0 radical (unpaired) electrons. The monoisotopic (exact) mass is 1450 g/mol. The fourth-order valence-corrected chi connectivity index (χ4v) is 14.0. The number of aliphatic hydroxyl groups is 1. The van der Waals surface area contributed by atoms with Crippen LogP contribution in [0.4, 0.5) is 0 Å². The van der Waals surface area contributed by atoms with E-state index in [1.807, 2.05) is 0 Å². The molecule has 0 fully saturated rings. The lowest BCUT2D eigenvalue weighted by atomic mass is 10.0. The molecule has 0 rings (SSSR count). The molecule has 0 saturated carbocycles. The lowest BCUT2D eigenvalue weighted by Gasteiger charge is -2.21. The molecule has 19 heteroatoms. The third-order valence-electron chi connectivity index (χ3n) is 18.8. The first-order chi connectivity index (χ1) is 48.0. The minimum absolute atomic E-state index is 0.106. The molecule has 2 unspecified atom stereocenters. The first-order valence-corrected chi connectivity index (χ1v) is 44.6. The SMILES string of the molecule is CCCCCCCCCCCCCCCCCCCCCCCCC(=O)O[C@H](COC(=O)CCCCCCCCCCCCCCCCCCCC)COP(=O)(O)OC[C@@H](O)COP(=O)(O)OC[C@@H](COC(=O)CCCCCCCCC(C)C)OC(=O)CCCCCCCCCCCC. The van der Waals surface area contributed by atoms with Gasteiger partial charge < -0.3 is 33.8 Å². The lowest BCUT2D eigenvalue weighted by Crippen LogP contribution is -2.30. The van der Waals surface area contributed by atoms with Crippen LogP contribution < -0.4 is 0 Å². The molecule has 0 spiro atoms. The van der Waals surface area contributed by atoms with E-state index in [1.165, 1.54) is 244 Å². The van der Waals surface area contributed by atoms with Gasteiger partial charge in [0, 0.05) is 25.7 Å². The molecule has 0 bridgehead atoms. The Morgan fingerprint density at radius 2 is 0.465 bits per heavy atom. The number of phosphoric acid groups is 2. The first kappa shape index (κ1) is 97.1. The summed E-state index contributed by atoms with van der Waals surface area (Å²) in [6, 6.07) is 0. The average molecular weight is 1450 g/mol. The summed E-state index contributed by atoms with van der Waals surface area (Å²) in [6.07, 6.45) is 64.2. The zero-order valence-corrected chi connectivity index (χ0v) is 66.4. The summed E-state index contributed by atoms with van der Waals surface area (Å²) < 4.78 is 68.6. The number of esters is 4. The topological polar surface area (TPSA) is 237 Å². The number of rotatable bonds is 80. The molecular weight excluding hydrogens is 1290 g/mol. The van der Waals surface area contributed by atoms with Gasteiger partial charge in [0.25, 0.3) is 0 Å². The molecule has 0 aliphatic heterocycles. The van der Waals surface area contributed by atoms with Gasteiger partial charge in [-0.1, -0.05) is 375 Å². The smallest absolute Gasteiger partial charge is 0.462 e. The van der Waals surface area contributed by atoms with Crippen molar-refractivity contribution in [1.29, 1.82) is 0 Å². The second-order valence-electron chi connectivity index (χ2n) is 29.3. The number of phosphoric ester groups is 2. The van der Waals surface area contributed by atoms with E-state index in [0.29, 0.717) is 31.6 Å². The Kier molecular flexibility index (Phi) is 71.6. The van der Waals surface area contributed by atoms with Crippen LogP contribution in [0.1, 0.15) is 426 Å². The number of hydrogen-bond donors (Lipinski definition) is 3. The van der Waals surface area contributed by atoms with E-state index >= 15 is 0 Å². The molecule has 17 nitrogen and oxygen atoms in total. The maximum absolute atomic E-state index is 13.1. The minimum Gasteiger partial charge on any atom is -0.462 e. The Hall–Kier alpha value is -1.94. The molecule has 0 aliphatic carbocycles. The summed E-state index contributed by atoms with van der Waals surface area (Å²) in [6.45, 7) is 7.22. The van der Waals surface area contributed by atoms with Crippen LogP contribution in [-0.2, 0) is 65.4 Å². The van der Waals surface area contributed by atoms with Gasteiger partial charge in [0.2, 0.25) is 0 Å². The highest BCUT2D eigenvalue weighted by atomic mass is 31.2. The van der Waals surface area contributed by atoms with Crippen LogP contribution in [0.25, 0.3) is 0 Å². The van der Waals surface area contributed by atoms with Crippen molar-refractivity contribution in [3.05, 3.63) is 0 Å². The molecule has 5 atom stereocenters.